The zero-order valence-electron chi connectivity index (χ0n) is 13.2. The van der Waals surface area contributed by atoms with Crippen molar-refractivity contribution in [2.45, 2.75) is 38.6 Å². The Hall–Kier alpha value is -2.21. The molecule has 0 saturated carbocycles. The molecule has 1 atom stereocenters. The van der Waals surface area contributed by atoms with Crippen LogP contribution in [0.1, 0.15) is 53.3 Å². The zero-order valence-corrected chi connectivity index (χ0v) is 13.2. The lowest BCUT2D eigenvalue weighted by atomic mass is 9.90. The van der Waals surface area contributed by atoms with Crippen LogP contribution in [0.15, 0.2) is 28.8 Å². The number of hydrogen-bond donors (Lipinski definition) is 1. The van der Waals surface area contributed by atoms with Gasteiger partial charge in [-0.15, -0.1) is 0 Å². The van der Waals surface area contributed by atoms with Crippen molar-refractivity contribution < 1.29 is 14.4 Å². The van der Waals surface area contributed by atoms with Crippen LogP contribution < -0.4 is 0 Å². The Labute approximate surface area is 135 Å². The van der Waals surface area contributed by atoms with Crippen LogP contribution in [0.4, 0.5) is 0 Å². The number of piperidine rings is 1. The lowest BCUT2D eigenvalue weighted by Gasteiger charge is -2.32. The molecule has 0 radical (unpaired) electrons. The summed E-state index contributed by atoms with van der Waals surface area (Å²) < 4.78 is 5.27. The van der Waals surface area contributed by atoms with Crippen LogP contribution in [0.2, 0.25) is 0 Å². The lowest BCUT2D eigenvalue weighted by Crippen LogP contribution is -2.34. The number of likely N-dealkylation sites (tertiary alicyclic amines) is 1. The van der Waals surface area contributed by atoms with E-state index in [-0.39, 0.29) is 0 Å². The highest BCUT2D eigenvalue weighted by atomic mass is 16.5. The van der Waals surface area contributed by atoms with Gasteiger partial charge in [0.1, 0.15) is 0 Å². The average Bonchev–Trinajstić information content (AvgIpc) is 3.03. The van der Waals surface area contributed by atoms with Gasteiger partial charge in [0, 0.05) is 13.0 Å². The van der Waals surface area contributed by atoms with E-state index in [1.165, 1.54) is 5.56 Å². The van der Waals surface area contributed by atoms with Gasteiger partial charge in [-0.2, -0.15) is 4.98 Å². The molecule has 0 amide bonds. The molecule has 0 aliphatic carbocycles. The summed E-state index contributed by atoms with van der Waals surface area (Å²) in [5, 5.41) is 12.9. The first-order valence-corrected chi connectivity index (χ1v) is 8.02. The van der Waals surface area contributed by atoms with Gasteiger partial charge in [0.15, 0.2) is 5.82 Å². The fourth-order valence-electron chi connectivity index (χ4n) is 3.06. The maximum Gasteiger partial charge on any atom is 0.335 e. The number of aryl methyl sites for hydroxylation is 1. The highest BCUT2D eigenvalue weighted by molar-refractivity contribution is 5.87. The normalized spacial score (nSPS) is 18.9. The summed E-state index contributed by atoms with van der Waals surface area (Å²) in [4.78, 5) is 17.6. The lowest BCUT2D eigenvalue weighted by molar-refractivity contribution is 0.0697. The summed E-state index contributed by atoms with van der Waals surface area (Å²) in [5.74, 6) is 0.951. The molecule has 122 valence electrons. The maximum atomic E-state index is 10.9. The van der Waals surface area contributed by atoms with Crippen LogP contribution in [0.5, 0.6) is 0 Å². The summed E-state index contributed by atoms with van der Waals surface area (Å²) in [6, 6.07) is 7.23. The van der Waals surface area contributed by atoms with E-state index < -0.39 is 5.97 Å². The Morgan fingerprint density at radius 2 is 2.17 bits per heavy atom. The molecular formula is C17H21N3O3. The second-order valence-electron chi connectivity index (χ2n) is 5.96. The first-order valence-electron chi connectivity index (χ1n) is 8.02. The molecule has 6 heteroatoms. The second kappa shape index (κ2) is 6.91. The second-order valence-corrected chi connectivity index (χ2v) is 5.96. The van der Waals surface area contributed by atoms with Gasteiger partial charge in [0.05, 0.1) is 12.1 Å². The zero-order chi connectivity index (χ0) is 16.2. The van der Waals surface area contributed by atoms with E-state index in [1.54, 1.807) is 12.1 Å². The van der Waals surface area contributed by atoms with Crippen molar-refractivity contribution in [1.82, 2.24) is 15.0 Å². The molecule has 1 aliphatic rings. The Kier molecular flexibility index (Phi) is 4.71. The first-order chi connectivity index (χ1) is 11.2. The Bertz CT molecular complexity index is 666. The van der Waals surface area contributed by atoms with Crippen LogP contribution in [-0.2, 0) is 13.0 Å². The highest BCUT2D eigenvalue weighted by Gasteiger charge is 2.23. The number of carbonyl (C=O) groups is 1. The Balaban J connectivity index is 1.64. The summed E-state index contributed by atoms with van der Waals surface area (Å²) in [6.07, 6.45) is 3.01. The number of carboxylic acid groups (broad SMARTS) is 1. The van der Waals surface area contributed by atoms with Crippen molar-refractivity contribution in [2.75, 3.05) is 13.1 Å². The van der Waals surface area contributed by atoms with Gasteiger partial charge in [-0.25, -0.2) is 4.79 Å². The Morgan fingerprint density at radius 1 is 1.39 bits per heavy atom. The maximum absolute atomic E-state index is 10.9. The van der Waals surface area contributed by atoms with E-state index in [2.05, 4.69) is 15.0 Å². The van der Waals surface area contributed by atoms with Crippen molar-refractivity contribution in [3.05, 3.63) is 47.1 Å². The van der Waals surface area contributed by atoms with E-state index in [9.17, 15) is 4.79 Å². The largest absolute Gasteiger partial charge is 0.478 e. The molecular weight excluding hydrogens is 294 g/mol. The third kappa shape index (κ3) is 3.76. The molecule has 1 aromatic heterocycles. The predicted octanol–water partition coefficient (Wildman–Crippen LogP) is 2.71. The molecule has 6 nitrogen and oxygen atoms in total. The standard InChI is InChI=1S/C17H21N3O3/c1-2-15-18-16(23-19-15)11-20-9-3-4-14(10-20)12-5-7-13(8-6-12)17(21)22/h5-8,14H,2-4,9-11H2,1H3,(H,21,22)/t14-/m0/s1. The third-order valence-electron chi connectivity index (χ3n) is 4.32. The van der Waals surface area contributed by atoms with Crippen LogP contribution in [0, 0.1) is 0 Å². The number of nitrogens with zero attached hydrogens (tertiary/aromatic N) is 3. The molecule has 1 aliphatic heterocycles. The SMILES string of the molecule is CCc1noc(CN2CCC[C@H](c3ccc(C(=O)O)cc3)C2)n1. The van der Waals surface area contributed by atoms with E-state index in [1.807, 2.05) is 19.1 Å². The van der Waals surface area contributed by atoms with Crippen LogP contribution in [0.25, 0.3) is 0 Å². The van der Waals surface area contributed by atoms with Gasteiger partial charge in [-0.05, 0) is 43.0 Å². The number of carboxylic acids is 1. The molecule has 23 heavy (non-hydrogen) atoms. The summed E-state index contributed by atoms with van der Waals surface area (Å²) in [7, 11) is 0. The fraction of sp³-hybridized carbons (Fsp3) is 0.471. The topological polar surface area (TPSA) is 79.5 Å². The van der Waals surface area contributed by atoms with E-state index in [0.717, 1.165) is 38.2 Å². The van der Waals surface area contributed by atoms with Gasteiger partial charge >= 0.3 is 5.97 Å². The molecule has 0 spiro atoms. The summed E-state index contributed by atoms with van der Waals surface area (Å²) >= 11 is 0. The van der Waals surface area contributed by atoms with E-state index in [4.69, 9.17) is 9.63 Å². The third-order valence-corrected chi connectivity index (χ3v) is 4.32. The minimum absolute atomic E-state index is 0.333. The summed E-state index contributed by atoms with van der Waals surface area (Å²) in [5.41, 5.74) is 1.53. The van der Waals surface area contributed by atoms with Gasteiger partial charge in [0.25, 0.3) is 0 Å². The predicted molar refractivity (Wildman–Crippen MR) is 84.3 cm³/mol. The van der Waals surface area contributed by atoms with Crippen molar-refractivity contribution in [2.24, 2.45) is 0 Å². The molecule has 3 rings (SSSR count). The molecule has 0 unspecified atom stereocenters. The molecule has 2 heterocycles. The van der Waals surface area contributed by atoms with Crippen molar-refractivity contribution in [3.63, 3.8) is 0 Å². The van der Waals surface area contributed by atoms with Crippen molar-refractivity contribution in [1.29, 1.82) is 0 Å². The number of aromatic nitrogens is 2. The van der Waals surface area contributed by atoms with E-state index in [0.29, 0.717) is 23.9 Å². The molecule has 1 N–H and O–H groups in total. The van der Waals surface area contributed by atoms with Crippen molar-refractivity contribution >= 4 is 5.97 Å². The monoisotopic (exact) mass is 315 g/mol. The van der Waals surface area contributed by atoms with Gasteiger partial charge < -0.3 is 9.63 Å². The molecule has 1 aromatic carbocycles. The average molecular weight is 315 g/mol. The molecule has 2 aromatic rings. The number of hydrogen-bond acceptors (Lipinski definition) is 5. The smallest absolute Gasteiger partial charge is 0.335 e. The quantitative estimate of drug-likeness (QED) is 0.914. The minimum atomic E-state index is -0.884. The molecule has 0 bridgehead atoms. The van der Waals surface area contributed by atoms with E-state index >= 15 is 0 Å². The van der Waals surface area contributed by atoms with Crippen LogP contribution >= 0.6 is 0 Å². The van der Waals surface area contributed by atoms with Gasteiger partial charge in [0.2, 0.25) is 5.89 Å². The Morgan fingerprint density at radius 3 is 2.83 bits per heavy atom. The van der Waals surface area contributed by atoms with Crippen molar-refractivity contribution in [3.8, 4) is 0 Å². The van der Waals surface area contributed by atoms with Gasteiger partial charge in [-0.1, -0.05) is 24.2 Å². The minimum Gasteiger partial charge on any atom is -0.478 e. The highest BCUT2D eigenvalue weighted by Crippen LogP contribution is 2.27. The van der Waals surface area contributed by atoms with Gasteiger partial charge in [-0.3, -0.25) is 4.90 Å². The first kappa shape index (κ1) is 15.7. The molecule has 1 fully saturated rings. The van der Waals surface area contributed by atoms with Crippen LogP contribution in [-0.4, -0.2) is 39.2 Å². The number of rotatable bonds is 5. The summed E-state index contributed by atoms with van der Waals surface area (Å²) in [6.45, 7) is 4.63. The number of benzene rings is 1. The van der Waals surface area contributed by atoms with Crippen LogP contribution in [0.3, 0.4) is 0 Å². The molecule has 1 saturated heterocycles. The number of aromatic carboxylic acids is 1. The fourth-order valence-corrected chi connectivity index (χ4v) is 3.06.